The summed E-state index contributed by atoms with van der Waals surface area (Å²) in [5.74, 6) is 1.68. The third-order valence-corrected chi connectivity index (χ3v) is 8.23. The molecule has 0 amide bonds. The Hall–Kier alpha value is -3.78. The van der Waals surface area contributed by atoms with Crippen LogP contribution in [0.25, 0.3) is 28.0 Å². The van der Waals surface area contributed by atoms with E-state index >= 15 is 0 Å². The van der Waals surface area contributed by atoms with Gasteiger partial charge in [0.2, 0.25) is 0 Å². The van der Waals surface area contributed by atoms with Crippen LogP contribution in [0.2, 0.25) is 0 Å². The molecule has 5 aromatic rings. The van der Waals surface area contributed by atoms with Crippen molar-refractivity contribution in [2.45, 2.75) is 51.0 Å². The van der Waals surface area contributed by atoms with Crippen molar-refractivity contribution in [3.63, 3.8) is 0 Å². The molecule has 1 aromatic carbocycles. The van der Waals surface area contributed by atoms with Crippen LogP contribution < -0.4 is 5.32 Å². The Morgan fingerprint density at radius 2 is 2.00 bits per heavy atom. The topological polar surface area (TPSA) is 76.3 Å². The van der Waals surface area contributed by atoms with Gasteiger partial charge in [0.05, 0.1) is 18.4 Å². The van der Waals surface area contributed by atoms with Crippen LogP contribution >= 0.6 is 0 Å². The van der Waals surface area contributed by atoms with Gasteiger partial charge in [0.15, 0.2) is 5.82 Å². The van der Waals surface area contributed by atoms with E-state index in [0.29, 0.717) is 30.2 Å². The van der Waals surface area contributed by atoms with Crippen LogP contribution in [-0.2, 0) is 13.1 Å². The molecule has 3 saturated carbocycles. The number of fused-ring (bicyclic) bond motifs is 2. The van der Waals surface area contributed by atoms with Crippen molar-refractivity contribution in [1.29, 1.82) is 0 Å². The Morgan fingerprint density at radius 3 is 2.81 bits per heavy atom. The molecular weight excluding hydrogens is 465 g/mol. The van der Waals surface area contributed by atoms with E-state index in [0.717, 1.165) is 53.8 Å². The minimum atomic E-state index is -0.864. The van der Waals surface area contributed by atoms with Gasteiger partial charge in [0, 0.05) is 48.0 Å². The molecule has 7 nitrogen and oxygen atoms in total. The summed E-state index contributed by atoms with van der Waals surface area (Å²) < 4.78 is 18.2. The van der Waals surface area contributed by atoms with Gasteiger partial charge in [-0.2, -0.15) is 5.10 Å². The molecule has 3 aliphatic carbocycles. The van der Waals surface area contributed by atoms with Gasteiger partial charge in [0.1, 0.15) is 12.0 Å². The molecule has 2 unspecified atom stereocenters. The molecule has 2 atom stereocenters. The number of alkyl halides is 1. The van der Waals surface area contributed by atoms with Crippen LogP contribution in [0.1, 0.15) is 37.4 Å². The zero-order chi connectivity index (χ0) is 25.0. The van der Waals surface area contributed by atoms with Gasteiger partial charge >= 0.3 is 0 Å². The second kappa shape index (κ2) is 8.66. The molecule has 0 aliphatic heterocycles. The first kappa shape index (κ1) is 22.4. The highest BCUT2D eigenvalue weighted by molar-refractivity contribution is 5.81. The molecule has 2 N–H and O–H groups in total. The molecule has 0 spiro atoms. The van der Waals surface area contributed by atoms with Gasteiger partial charge in [-0.3, -0.25) is 4.98 Å². The maximum atomic E-state index is 14.3. The number of aromatic amines is 1. The van der Waals surface area contributed by atoms with Crippen LogP contribution in [0.3, 0.4) is 0 Å². The molecule has 3 aliphatic rings. The SMILES string of the molecule is CC(NCc1cc2ccc(Cn3cnc(-c4cncc(-n5cccc5)c4)n3)cc2[nH]1)C1CC2(F)CC1C2. The standard InChI is InChI=1S/C29H30FN7/c1-19(26-13-29(30)11-23(26)12-29)32-15-24-9-21-5-4-20(8-27(21)34-24)17-37-18-33-28(35-37)22-10-25(16-31-14-22)36-6-2-3-7-36/h2-10,14,16,18-19,23,26,32,34H,11-13,15,17H2,1H3. The monoisotopic (exact) mass is 495 g/mol. The zero-order valence-corrected chi connectivity index (χ0v) is 20.8. The zero-order valence-electron chi connectivity index (χ0n) is 20.8. The van der Waals surface area contributed by atoms with Gasteiger partial charge in [-0.25, -0.2) is 14.1 Å². The van der Waals surface area contributed by atoms with Gasteiger partial charge in [-0.05, 0) is 79.3 Å². The highest BCUT2D eigenvalue weighted by Crippen LogP contribution is 2.58. The van der Waals surface area contributed by atoms with E-state index < -0.39 is 5.67 Å². The van der Waals surface area contributed by atoms with Crippen LogP contribution in [0.15, 0.2) is 73.6 Å². The number of H-pyrrole nitrogens is 1. The molecule has 37 heavy (non-hydrogen) atoms. The Kier molecular flexibility index (Phi) is 5.25. The average Bonchev–Trinajstić information content (AvgIpc) is 3.70. The molecule has 4 aromatic heterocycles. The van der Waals surface area contributed by atoms with Crippen molar-refractivity contribution in [2.24, 2.45) is 11.8 Å². The van der Waals surface area contributed by atoms with Crippen molar-refractivity contribution in [3.05, 3.63) is 84.8 Å². The molecular formula is C29H30FN7. The molecule has 3 fully saturated rings. The fraction of sp³-hybridized carbons (Fsp3) is 0.345. The minimum Gasteiger partial charge on any atom is -0.357 e. The summed E-state index contributed by atoms with van der Waals surface area (Å²) in [6.45, 7) is 3.59. The lowest BCUT2D eigenvalue weighted by Crippen LogP contribution is -2.35. The lowest BCUT2D eigenvalue weighted by Gasteiger charge is -2.31. The van der Waals surface area contributed by atoms with E-state index in [9.17, 15) is 4.39 Å². The summed E-state index contributed by atoms with van der Waals surface area (Å²) in [6, 6.07) is 15.0. The summed E-state index contributed by atoms with van der Waals surface area (Å²) in [7, 11) is 0. The Morgan fingerprint density at radius 1 is 1.14 bits per heavy atom. The van der Waals surface area contributed by atoms with E-state index in [4.69, 9.17) is 5.10 Å². The number of nitrogens with one attached hydrogen (secondary N) is 2. The Bertz CT molecular complexity index is 1540. The van der Waals surface area contributed by atoms with Crippen molar-refractivity contribution in [3.8, 4) is 17.1 Å². The highest BCUT2D eigenvalue weighted by Gasteiger charge is 2.57. The van der Waals surface area contributed by atoms with Crippen LogP contribution in [-0.4, -0.2) is 41.0 Å². The van der Waals surface area contributed by atoms with E-state index in [2.05, 4.69) is 51.5 Å². The normalized spacial score (nSPS) is 23.4. The van der Waals surface area contributed by atoms with E-state index in [-0.39, 0.29) is 0 Å². The van der Waals surface area contributed by atoms with Gasteiger partial charge in [-0.15, -0.1) is 0 Å². The second-order valence-electron chi connectivity index (χ2n) is 10.9. The lowest BCUT2D eigenvalue weighted by atomic mass is 9.79. The number of hydrogen-bond donors (Lipinski definition) is 2. The third-order valence-electron chi connectivity index (χ3n) is 8.23. The highest BCUT2D eigenvalue weighted by atomic mass is 19.1. The number of pyridine rings is 1. The maximum absolute atomic E-state index is 14.3. The van der Waals surface area contributed by atoms with Gasteiger partial charge in [0.25, 0.3) is 0 Å². The third kappa shape index (κ3) is 4.25. The minimum absolute atomic E-state index is 0.327. The number of benzene rings is 1. The number of aromatic nitrogens is 6. The number of hydrogen-bond acceptors (Lipinski definition) is 4. The van der Waals surface area contributed by atoms with Crippen molar-refractivity contribution >= 4 is 10.9 Å². The van der Waals surface area contributed by atoms with E-state index in [1.54, 1.807) is 12.5 Å². The number of rotatable bonds is 8. The summed E-state index contributed by atoms with van der Waals surface area (Å²) in [4.78, 5) is 12.4. The summed E-state index contributed by atoms with van der Waals surface area (Å²) in [6.07, 6.45) is 11.6. The Balaban J connectivity index is 1.02. The van der Waals surface area contributed by atoms with Crippen LogP contribution in [0.5, 0.6) is 0 Å². The van der Waals surface area contributed by atoms with Crippen molar-refractivity contribution in [1.82, 2.24) is 34.6 Å². The molecule has 8 rings (SSSR count). The van der Waals surface area contributed by atoms with Crippen LogP contribution in [0.4, 0.5) is 4.39 Å². The van der Waals surface area contributed by atoms with E-state index in [1.165, 1.54) is 5.39 Å². The molecule has 8 heteroatoms. The average molecular weight is 496 g/mol. The molecule has 188 valence electrons. The quantitative estimate of drug-likeness (QED) is 0.307. The molecule has 2 bridgehead atoms. The van der Waals surface area contributed by atoms with E-state index in [1.807, 2.05) is 46.0 Å². The largest absolute Gasteiger partial charge is 0.357 e. The lowest BCUT2D eigenvalue weighted by molar-refractivity contribution is 0.0728. The second-order valence-corrected chi connectivity index (χ2v) is 10.9. The summed E-state index contributed by atoms with van der Waals surface area (Å²) >= 11 is 0. The van der Waals surface area contributed by atoms with Crippen molar-refractivity contribution < 1.29 is 4.39 Å². The van der Waals surface area contributed by atoms with Gasteiger partial charge in [-0.1, -0.05) is 12.1 Å². The predicted octanol–water partition coefficient (Wildman–Crippen LogP) is 5.28. The first-order valence-electron chi connectivity index (χ1n) is 13.0. The summed E-state index contributed by atoms with van der Waals surface area (Å²) in [5.41, 5.74) is 4.40. The van der Waals surface area contributed by atoms with Crippen molar-refractivity contribution in [2.75, 3.05) is 0 Å². The molecule has 0 saturated heterocycles. The van der Waals surface area contributed by atoms with Crippen LogP contribution in [0, 0.1) is 11.8 Å². The maximum Gasteiger partial charge on any atom is 0.182 e. The van der Waals surface area contributed by atoms with Gasteiger partial charge < -0.3 is 14.9 Å². The fourth-order valence-corrected chi connectivity index (χ4v) is 6.26. The first-order valence-corrected chi connectivity index (χ1v) is 13.0. The predicted molar refractivity (Wildman–Crippen MR) is 141 cm³/mol. The number of nitrogens with zero attached hydrogens (tertiary/aromatic N) is 5. The fourth-order valence-electron chi connectivity index (χ4n) is 6.26. The smallest absolute Gasteiger partial charge is 0.182 e. The number of halogens is 1. The molecule has 0 radical (unpaired) electrons. The summed E-state index contributed by atoms with van der Waals surface area (Å²) in [5, 5.41) is 9.51. The first-order chi connectivity index (χ1) is 18.0. The molecule has 4 heterocycles. The Labute approximate surface area is 214 Å².